The van der Waals surface area contributed by atoms with E-state index in [4.69, 9.17) is 12.2 Å². The van der Waals surface area contributed by atoms with Crippen molar-refractivity contribution in [2.45, 2.75) is 18.9 Å². The van der Waals surface area contributed by atoms with Crippen LogP contribution in [0, 0.1) is 12.3 Å². The molecule has 1 atom stereocenters. The molecule has 0 saturated carbocycles. The Morgan fingerprint density at radius 1 is 1.70 bits per heavy atom. The fourth-order valence-electron chi connectivity index (χ4n) is 1.29. The minimum atomic E-state index is 0.387. The van der Waals surface area contributed by atoms with Crippen LogP contribution in [0.5, 0.6) is 0 Å². The molecule has 2 N–H and O–H groups in total. The van der Waals surface area contributed by atoms with Crippen LogP contribution in [0.15, 0.2) is 0 Å². The maximum Gasteiger partial charge on any atom is 0.0214 e. The summed E-state index contributed by atoms with van der Waals surface area (Å²) in [6.07, 6.45) is 7.12. The lowest BCUT2D eigenvalue weighted by atomic mass is 10.3. The van der Waals surface area contributed by atoms with E-state index in [0.29, 0.717) is 6.04 Å². The van der Waals surface area contributed by atoms with E-state index in [-0.39, 0.29) is 0 Å². The van der Waals surface area contributed by atoms with Crippen LogP contribution in [-0.2, 0) is 0 Å². The molecule has 1 saturated heterocycles. The van der Waals surface area contributed by atoms with Gasteiger partial charge in [-0.3, -0.25) is 0 Å². The van der Waals surface area contributed by atoms with E-state index in [1.54, 1.807) is 0 Å². The third-order valence-corrected chi connectivity index (χ3v) is 1.88. The highest BCUT2D eigenvalue weighted by Crippen LogP contribution is 2.06. The lowest BCUT2D eigenvalue weighted by Crippen LogP contribution is -2.27. The lowest BCUT2D eigenvalue weighted by Gasteiger charge is -2.11. The molecular weight excluding hydrogens is 124 g/mol. The third kappa shape index (κ3) is 2.02. The average Bonchev–Trinajstić information content (AvgIpc) is 2.31. The molecule has 0 spiro atoms. The number of likely N-dealkylation sites (tertiary alicyclic amines) is 1. The van der Waals surface area contributed by atoms with Gasteiger partial charge in [0.05, 0.1) is 0 Å². The first-order valence-electron chi connectivity index (χ1n) is 3.74. The molecule has 0 aliphatic carbocycles. The Bertz CT molecular complexity index is 137. The molecule has 1 aliphatic rings. The standard InChI is InChI=1S/C8H14N2/c1-2-3-5-10-6-4-8(9)7-10/h1,8H,3-7,9H2/t8-/m1/s1. The average molecular weight is 138 g/mol. The van der Waals surface area contributed by atoms with Crippen LogP contribution >= 0.6 is 0 Å². The first-order valence-corrected chi connectivity index (χ1v) is 3.74. The van der Waals surface area contributed by atoms with Crippen molar-refractivity contribution in [3.05, 3.63) is 0 Å². The van der Waals surface area contributed by atoms with Crippen molar-refractivity contribution in [1.82, 2.24) is 4.90 Å². The molecule has 0 aromatic rings. The highest BCUT2D eigenvalue weighted by molar-refractivity contribution is 4.87. The minimum Gasteiger partial charge on any atom is -0.326 e. The number of hydrogen-bond donors (Lipinski definition) is 1. The summed E-state index contributed by atoms with van der Waals surface area (Å²) in [5.41, 5.74) is 5.70. The van der Waals surface area contributed by atoms with Crippen LogP contribution < -0.4 is 5.73 Å². The third-order valence-electron chi connectivity index (χ3n) is 1.88. The molecular formula is C8H14N2. The molecule has 1 fully saturated rings. The Labute approximate surface area is 62.4 Å². The first-order chi connectivity index (χ1) is 4.83. The van der Waals surface area contributed by atoms with E-state index in [1.165, 1.54) is 0 Å². The van der Waals surface area contributed by atoms with Crippen molar-refractivity contribution >= 4 is 0 Å². The van der Waals surface area contributed by atoms with Gasteiger partial charge in [0, 0.05) is 25.6 Å². The summed E-state index contributed by atoms with van der Waals surface area (Å²) < 4.78 is 0. The highest BCUT2D eigenvalue weighted by atomic mass is 15.2. The second-order valence-electron chi connectivity index (χ2n) is 2.80. The van der Waals surface area contributed by atoms with Crippen LogP contribution in [0.4, 0.5) is 0 Å². The summed E-state index contributed by atoms with van der Waals surface area (Å²) in [6, 6.07) is 0.387. The van der Waals surface area contributed by atoms with Gasteiger partial charge in [0.25, 0.3) is 0 Å². The summed E-state index contributed by atoms with van der Waals surface area (Å²) in [5, 5.41) is 0. The molecule has 0 amide bonds. The maximum absolute atomic E-state index is 5.70. The van der Waals surface area contributed by atoms with Crippen LogP contribution in [0.3, 0.4) is 0 Å². The predicted octanol–water partition coefficient (Wildman–Crippen LogP) is 0.0427. The molecule has 56 valence electrons. The Morgan fingerprint density at radius 3 is 3.00 bits per heavy atom. The molecule has 0 aromatic carbocycles. The van der Waals surface area contributed by atoms with Crippen molar-refractivity contribution in [1.29, 1.82) is 0 Å². The van der Waals surface area contributed by atoms with Gasteiger partial charge < -0.3 is 10.6 Å². The molecule has 1 rings (SSSR count). The zero-order valence-corrected chi connectivity index (χ0v) is 6.21. The maximum atomic E-state index is 5.70. The van der Waals surface area contributed by atoms with Crippen LogP contribution in [0.25, 0.3) is 0 Å². The van der Waals surface area contributed by atoms with Gasteiger partial charge in [-0.25, -0.2) is 0 Å². The van der Waals surface area contributed by atoms with Gasteiger partial charge in [0.15, 0.2) is 0 Å². The van der Waals surface area contributed by atoms with Crippen molar-refractivity contribution in [2.75, 3.05) is 19.6 Å². The molecule has 2 heteroatoms. The van der Waals surface area contributed by atoms with Gasteiger partial charge >= 0.3 is 0 Å². The Kier molecular flexibility index (Phi) is 2.73. The van der Waals surface area contributed by atoms with E-state index in [2.05, 4.69) is 10.8 Å². The summed E-state index contributed by atoms with van der Waals surface area (Å²) in [5.74, 6) is 2.63. The van der Waals surface area contributed by atoms with Crippen molar-refractivity contribution in [3.63, 3.8) is 0 Å². The fourth-order valence-corrected chi connectivity index (χ4v) is 1.29. The molecule has 10 heavy (non-hydrogen) atoms. The first kappa shape index (κ1) is 7.59. The summed E-state index contributed by atoms with van der Waals surface area (Å²) in [7, 11) is 0. The number of nitrogens with zero attached hydrogens (tertiary/aromatic N) is 1. The van der Waals surface area contributed by atoms with E-state index in [9.17, 15) is 0 Å². The van der Waals surface area contributed by atoms with E-state index >= 15 is 0 Å². The molecule has 2 nitrogen and oxygen atoms in total. The topological polar surface area (TPSA) is 29.3 Å². The van der Waals surface area contributed by atoms with E-state index in [1.807, 2.05) is 0 Å². The van der Waals surface area contributed by atoms with E-state index < -0.39 is 0 Å². The Balaban J connectivity index is 2.14. The number of terminal acetylenes is 1. The van der Waals surface area contributed by atoms with Gasteiger partial charge in [-0.05, 0) is 13.0 Å². The SMILES string of the molecule is C#CCCN1CC[C@@H](N)C1. The number of hydrogen-bond acceptors (Lipinski definition) is 2. The van der Waals surface area contributed by atoms with Gasteiger partial charge in [-0.2, -0.15) is 0 Å². The summed E-state index contributed by atoms with van der Waals surface area (Å²) in [4.78, 5) is 2.32. The smallest absolute Gasteiger partial charge is 0.0214 e. The zero-order valence-electron chi connectivity index (χ0n) is 6.21. The molecule has 0 aromatic heterocycles. The van der Waals surface area contributed by atoms with Gasteiger partial charge in [-0.1, -0.05) is 0 Å². The summed E-state index contributed by atoms with van der Waals surface area (Å²) >= 11 is 0. The van der Waals surface area contributed by atoms with Gasteiger partial charge in [0.1, 0.15) is 0 Å². The predicted molar refractivity (Wildman–Crippen MR) is 42.5 cm³/mol. The minimum absolute atomic E-state index is 0.387. The quantitative estimate of drug-likeness (QED) is 0.546. The largest absolute Gasteiger partial charge is 0.326 e. The number of rotatable bonds is 2. The van der Waals surface area contributed by atoms with Crippen LogP contribution in [0.2, 0.25) is 0 Å². The van der Waals surface area contributed by atoms with E-state index in [0.717, 1.165) is 32.5 Å². The van der Waals surface area contributed by atoms with Crippen LogP contribution in [0.1, 0.15) is 12.8 Å². The summed E-state index contributed by atoms with van der Waals surface area (Å²) in [6.45, 7) is 3.18. The van der Waals surface area contributed by atoms with Crippen LogP contribution in [-0.4, -0.2) is 30.6 Å². The molecule has 0 bridgehead atoms. The Hall–Kier alpha value is -0.520. The number of nitrogens with two attached hydrogens (primary N) is 1. The lowest BCUT2D eigenvalue weighted by molar-refractivity contribution is 0.343. The second kappa shape index (κ2) is 3.60. The van der Waals surface area contributed by atoms with Crippen molar-refractivity contribution < 1.29 is 0 Å². The fraction of sp³-hybridized carbons (Fsp3) is 0.750. The van der Waals surface area contributed by atoms with Crippen molar-refractivity contribution in [2.24, 2.45) is 5.73 Å². The van der Waals surface area contributed by atoms with Gasteiger partial charge in [0.2, 0.25) is 0 Å². The van der Waals surface area contributed by atoms with Gasteiger partial charge in [-0.15, -0.1) is 12.3 Å². The second-order valence-corrected chi connectivity index (χ2v) is 2.80. The normalized spacial score (nSPS) is 26.6. The van der Waals surface area contributed by atoms with Crippen molar-refractivity contribution in [3.8, 4) is 12.3 Å². The molecule has 1 heterocycles. The molecule has 0 radical (unpaired) electrons. The molecule has 1 aliphatic heterocycles. The molecule has 0 unspecified atom stereocenters. The highest BCUT2D eigenvalue weighted by Gasteiger charge is 2.17. The zero-order chi connectivity index (χ0) is 7.40. The Morgan fingerprint density at radius 2 is 2.50 bits per heavy atom. The monoisotopic (exact) mass is 138 g/mol.